The number of hydrogen-bond acceptors (Lipinski definition) is 6. The number of carbonyl (C=O) groups excluding carboxylic acids is 1. The molecule has 4 rings (SSSR count). The van der Waals surface area contributed by atoms with Crippen LogP contribution < -0.4 is 0 Å². The quantitative estimate of drug-likeness (QED) is 0.343. The average molecular weight is 569 g/mol. The number of aryl methyl sites for hydroxylation is 1. The van der Waals surface area contributed by atoms with E-state index in [1.165, 1.54) is 12.1 Å². The molecule has 0 amide bonds. The fourth-order valence-corrected chi connectivity index (χ4v) is 9.69. The second-order valence-electron chi connectivity index (χ2n) is 12.5. The monoisotopic (exact) mass is 568 g/mol. The number of carboxylic acid groups (broad SMARTS) is 1. The van der Waals surface area contributed by atoms with Crippen LogP contribution in [0.4, 0.5) is 0 Å². The molecule has 7 nitrogen and oxygen atoms in total. The Morgan fingerprint density at radius 2 is 1.76 bits per heavy atom. The van der Waals surface area contributed by atoms with Crippen LogP contribution in [0.5, 0.6) is 0 Å². The topological polar surface area (TPSA) is 107 Å². The summed E-state index contributed by atoms with van der Waals surface area (Å²) in [5.74, 6) is -2.47. The van der Waals surface area contributed by atoms with Crippen LogP contribution in [0.3, 0.4) is 0 Å². The molecule has 3 fully saturated rings. The van der Waals surface area contributed by atoms with Crippen molar-refractivity contribution < 1.29 is 32.0 Å². The number of hydrogen-bond donors (Lipinski definition) is 1. The molecule has 0 radical (unpaired) electrons. The van der Waals surface area contributed by atoms with Gasteiger partial charge in [-0.3, -0.25) is 8.98 Å². The highest BCUT2D eigenvalue weighted by Gasteiger charge is 2.69. The molecule has 0 heterocycles. The van der Waals surface area contributed by atoms with Crippen LogP contribution >= 0.6 is 11.6 Å². The van der Waals surface area contributed by atoms with E-state index in [-0.39, 0.29) is 52.3 Å². The maximum Gasteiger partial charge on any atom is 0.334 e. The molecule has 9 heteroatoms. The molecule has 38 heavy (non-hydrogen) atoms. The third-order valence-corrected chi connectivity index (χ3v) is 12.6. The highest BCUT2D eigenvalue weighted by atomic mass is 35.5. The molecule has 9 atom stereocenters. The second-order valence-corrected chi connectivity index (χ2v) is 14.4. The number of carboxylic acids is 1. The van der Waals surface area contributed by atoms with Crippen LogP contribution in [0, 0.1) is 46.8 Å². The zero-order valence-electron chi connectivity index (χ0n) is 23.2. The van der Waals surface area contributed by atoms with Gasteiger partial charge in [-0.25, -0.2) is 4.79 Å². The van der Waals surface area contributed by atoms with Crippen molar-refractivity contribution in [2.24, 2.45) is 39.9 Å². The standard InChI is InChI=1S/C29H41ClO7S/c1-17-7-9-20(10-8-17)38(34,35)37-23(26(32)33)21-15-27(4,16-30)25(31)19(3)29-13-11-18(2)28(21,5)24(29)22(36-6)12-14-29/h7-10,18-19,21-24H,11-16H2,1-6H3,(H,32,33)/t18-,19+,21+,22-,23?,24-,27+,28-,29+/m1/s1. The first-order valence-electron chi connectivity index (χ1n) is 13.5. The minimum absolute atomic E-state index is 0.0152. The first-order chi connectivity index (χ1) is 17.7. The Morgan fingerprint density at radius 3 is 2.32 bits per heavy atom. The number of Topliss-reactive ketones (excluding diaryl/α,β-unsaturated/α-hetero) is 1. The average Bonchev–Trinajstić information content (AvgIpc) is 3.28. The number of ether oxygens (including phenoxy) is 1. The van der Waals surface area contributed by atoms with Crippen LogP contribution in [0.15, 0.2) is 29.2 Å². The molecule has 1 N–H and O–H groups in total. The summed E-state index contributed by atoms with van der Waals surface area (Å²) in [5.41, 5.74) is -1.21. The molecule has 2 bridgehead atoms. The highest BCUT2D eigenvalue weighted by molar-refractivity contribution is 7.86. The summed E-state index contributed by atoms with van der Waals surface area (Å²) in [4.78, 5) is 26.9. The summed E-state index contributed by atoms with van der Waals surface area (Å²) in [5, 5.41) is 10.5. The van der Waals surface area contributed by atoms with Crippen molar-refractivity contribution in [3.8, 4) is 0 Å². The van der Waals surface area contributed by atoms with Gasteiger partial charge in [0.05, 0.1) is 11.0 Å². The zero-order chi connectivity index (χ0) is 28.3. The van der Waals surface area contributed by atoms with Crippen molar-refractivity contribution in [3.63, 3.8) is 0 Å². The molecule has 1 aromatic rings. The SMILES string of the molecule is CO[C@@H]1CC[C@@]23CC[C@@H](C)[C@](C)([C@H](C(OS(=O)(=O)c4ccc(C)cc4)C(=O)O)C[C@@](C)(CCl)C(=O)[C@@H]2C)[C@@H]13. The van der Waals surface area contributed by atoms with Crippen LogP contribution in [0.25, 0.3) is 0 Å². The fourth-order valence-electron chi connectivity index (χ4n) is 8.38. The number of methoxy groups -OCH3 is 1. The number of alkyl halides is 1. The first-order valence-corrected chi connectivity index (χ1v) is 15.5. The van der Waals surface area contributed by atoms with Crippen molar-refractivity contribution in [2.45, 2.75) is 83.8 Å². The Hall–Kier alpha value is -1.48. The summed E-state index contributed by atoms with van der Waals surface area (Å²) in [6.45, 7) is 9.82. The van der Waals surface area contributed by atoms with Crippen LogP contribution in [-0.2, 0) is 28.6 Å². The molecule has 0 spiro atoms. The predicted molar refractivity (Wildman–Crippen MR) is 144 cm³/mol. The number of aliphatic carboxylic acids is 1. The minimum atomic E-state index is -4.40. The van der Waals surface area contributed by atoms with Crippen LogP contribution in [0.1, 0.15) is 65.4 Å². The zero-order valence-corrected chi connectivity index (χ0v) is 24.8. The van der Waals surface area contributed by atoms with E-state index in [4.69, 9.17) is 20.5 Å². The van der Waals surface area contributed by atoms with Gasteiger partial charge in [0, 0.05) is 30.2 Å². The summed E-state index contributed by atoms with van der Waals surface area (Å²) in [7, 11) is -2.73. The molecule has 1 unspecified atom stereocenters. The summed E-state index contributed by atoms with van der Waals surface area (Å²) < 4.78 is 38.5. The molecule has 0 aliphatic heterocycles. The summed E-state index contributed by atoms with van der Waals surface area (Å²) in [6, 6.07) is 6.13. The Balaban J connectivity index is 1.91. The third-order valence-electron chi connectivity index (χ3n) is 10.7. The van der Waals surface area contributed by atoms with Gasteiger partial charge >= 0.3 is 5.97 Å². The Bertz CT molecular complexity index is 1180. The van der Waals surface area contributed by atoms with E-state index in [1.54, 1.807) is 26.2 Å². The maximum absolute atomic E-state index is 14.1. The largest absolute Gasteiger partial charge is 0.479 e. The molecule has 3 aliphatic rings. The Labute approximate surface area is 231 Å². The van der Waals surface area contributed by atoms with Gasteiger partial charge in [-0.2, -0.15) is 8.42 Å². The minimum Gasteiger partial charge on any atom is -0.479 e. The molecule has 3 saturated carbocycles. The second kappa shape index (κ2) is 10.2. The summed E-state index contributed by atoms with van der Waals surface area (Å²) >= 11 is 6.48. The van der Waals surface area contributed by atoms with Gasteiger partial charge in [0.2, 0.25) is 0 Å². The Kier molecular flexibility index (Phi) is 7.89. The van der Waals surface area contributed by atoms with Gasteiger partial charge in [-0.1, -0.05) is 45.4 Å². The van der Waals surface area contributed by atoms with Crippen LogP contribution in [0.2, 0.25) is 0 Å². The smallest absolute Gasteiger partial charge is 0.334 e. The number of ketones is 1. The van der Waals surface area contributed by atoms with E-state index in [0.717, 1.165) is 31.2 Å². The lowest BCUT2D eigenvalue weighted by Crippen LogP contribution is -2.63. The van der Waals surface area contributed by atoms with Crippen molar-refractivity contribution in [3.05, 3.63) is 29.8 Å². The van der Waals surface area contributed by atoms with Crippen LogP contribution in [-0.4, -0.2) is 50.5 Å². The molecule has 0 aromatic heterocycles. The van der Waals surface area contributed by atoms with Gasteiger partial charge in [0.25, 0.3) is 10.1 Å². The van der Waals surface area contributed by atoms with Gasteiger partial charge in [0.1, 0.15) is 5.78 Å². The van der Waals surface area contributed by atoms with Gasteiger partial charge < -0.3 is 9.84 Å². The van der Waals surface area contributed by atoms with Crippen molar-refractivity contribution in [1.82, 2.24) is 0 Å². The lowest BCUT2D eigenvalue weighted by Gasteiger charge is -2.63. The normalized spacial score (nSPS) is 40.2. The number of rotatable bonds is 7. The van der Waals surface area contributed by atoms with E-state index in [2.05, 4.69) is 13.8 Å². The van der Waals surface area contributed by atoms with Gasteiger partial charge in [-0.05, 0) is 73.8 Å². The number of halogens is 1. The maximum atomic E-state index is 14.1. The molecular weight excluding hydrogens is 528 g/mol. The lowest BCUT2D eigenvalue weighted by molar-refractivity contribution is -0.192. The van der Waals surface area contributed by atoms with E-state index in [0.29, 0.717) is 0 Å². The number of benzene rings is 1. The number of carbonyl (C=O) groups is 2. The molecule has 3 aliphatic carbocycles. The van der Waals surface area contributed by atoms with Gasteiger partial charge in [-0.15, -0.1) is 11.6 Å². The van der Waals surface area contributed by atoms with E-state index < -0.39 is 38.9 Å². The molecule has 212 valence electrons. The lowest BCUT2D eigenvalue weighted by atomic mass is 9.41. The highest BCUT2D eigenvalue weighted by Crippen LogP contribution is 2.70. The summed E-state index contributed by atoms with van der Waals surface area (Å²) in [6.07, 6.45) is 1.49. The van der Waals surface area contributed by atoms with E-state index in [9.17, 15) is 23.1 Å². The van der Waals surface area contributed by atoms with Crippen molar-refractivity contribution in [1.29, 1.82) is 0 Å². The predicted octanol–water partition coefficient (Wildman–Crippen LogP) is 5.47. The van der Waals surface area contributed by atoms with E-state index in [1.807, 2.05) is 13.8 Å². The fraction of sp³-hybridized carbons (Fsp3) is 0.724. The molecule has 1 aromatic carbocycles. The Morgan fingerprint density at radius 1 is 1.16 bits per heavy atom. The first kappa shape index (κ1) is 29.5. The van der Waals surface area contributed by atoms with Crippen molar-refractivity contribution >= 4 is 33.5 Å². The molecule has 0 saturated heterocycles. The molecular formula is C29H41ClO7S. The van der Waals surface area contributed by atoms with Gasteiger partial charge in [0.15, 0.2) is 6.10 Å². The van der Waals surface area contributed by atoms with Crippen molar-refractivity contribution in [2.75, 3.05) is 13.0 Å². The third kappa shape index (κ3) is 4.43. The van der Waals surface area contributed by atoms with E-state index >= 15 is 0 Å².